The van der Waals surface area contributed by atoms with E-state index >= 15 is 0 Å². The Labute approximate surface area is 117 Å². The number of ether oxygens (including phenoxy) is 1. The van der Waals surface area contributed by atoms with Crippen molar-refractivity contribution in [2.45, 2.75) is 43.7 Å². The molecule has 0 aromatic rings. The molecule has 1 atom stereocenters. The van der Waals surface area contributed by atoms with Crippen LogP contribution in [-0.4, -0.2) is 48.3 Å². The van der Waals surface area contributed by atoms with Crippen LogP contribution >= 0.6 is 0 Å². The molecule has 114 valence electrons. The van der Waals surface area contributed by atoms with E-state index in [0.29, 0.717) is 6.54 Å². The van der Waals surface area contributed by atoms with Crippen molar-refractivity contribution < 1.29 is 24.2 Å². The number of aliphatic carboxylic acids is 1. The molecule has 0 spiro atoms. The molecular formula is C12H21N3O5. The molecule has 0 radical (unpaired) electrons. The summed E-state index contributed by atoms with van der Waals surface area (Å²) in [5.41, 5.74) is 4.62. The fraction of sp³-hybridized carbons (Fsp3) is 0.750. The first-order valence-corrected chi connectivity index (χ1v) is 6.49. The Balaban J connectivity index is 2.37. The first kappa shape index (κ1) is 16.2. The summed E-state index contributed by atoms with van der Waals surface area (Å²) in [6.07, 6.45) is 2.65. The minimum absolute atomic E-state index is 0.0342. The number of carbonyl (C=O) groups is 3. The Morgan fingerprint density at radius 1 is 1.40 bits per heavy atom. The van der Waals surface area contributed by atoms with Gasteiger partial charge in [0, 0.05) is 20.1 Å². The second-order valence-electron chi connectivity index (χ2n) is 4.96. The average Bonchev–Trinajstić information content (AvgIpc) is 2.33. The highest BCUT2D eigenvalue weighted by atomic mass is 16.5. The van der Waals surface area contributed by atoms with Gasteiger partial charge < -0.3 is 26.2 Å². The smallest absolute Gasteiger partial charge is 0.326 e. The van der Waals surface area contributed by atoms with E-state index in [1.165, 1.54) is 0 Å². The minimum Gasteiger partial charge on any atom is -0.480 e. The van der Waals surface area contributed by atoms with Gasteiger partial charge in [0.15, 0.2) is 0 Å². The summed E-state index contributed by atoms with van der Waals surface area (Å²) in [4.78, 5) is 33.2. The number of amides is 3. The predicted octanol–water partition coefficient (Wildman–Crippen LogP) is -0.427. The maximum absolute atomic E-state index is 11.6. The van der Waals surface area contributed by atoms with Crippen LogP contribution in [0.2, 0.25) is 0 Å². The van der Waals surface area contributed by atoms with Crippen molar-refractivity contribution in [2.75, 3.05) is 13.7 Å². The number of hydrogen-bond acceptors (Lipinski definition) is 4. The average molecular weight is 287 g/mol. The first-order valence-electron chi connectivity index (χ1n) is 6.49. The van der Waals surface area contributed by atoms with Gasteiger partial charge in [-0.15, -0.1) is 0 Å². The molecule has 1 fully saturated rings. The summed E-state index contributed by atoms with van der Waals surface area (Å²) in [6, 6.07) is -1.73. The molecule has 20 heavy (non-hydrogen) atoms. The molecule has 8 heteroatoms. The lowest BCUT2D eigenvalue weighted by molar-refractivity contribution is -0.139. The van der Waals surface area contributed by atoms with Crippen molar-refractivity contribution in [3.63, 3.8) is 0 Å². The van der Waals surface area contributed by atoms with Gasteiger partial charge in [-0.3, -0.25) is 4.79 Å². The van der Waals surface area contributed by atoms with Gasteiger partial charge in [-0.05, 0) is 25.7 Å². The Hall–Kier alpha value is -1.83. The topological polar surface area (TPSA) is 131 Å². The number of carboxylic acid groups (broad SMARTS) is 1. The summed E-state index contributed by atoms with van der Waals surface area (Å²) in [5.74, 6) is -1.81. The molecule has 8 nitrogen and oxygen atoms in total. The second kappa shape index (κ2) is 7.09. The van der Waals surface area contributed by atoms with Crippen LogP contribution in [-0.2, 0) is 14.3 Å². The van der Waals surface area contributed by atoms with Crippen molar-refractivity contribution in [1.29, 1.82) is 0 Å². The van der Waals surface area contributed by atoms with Crippen molar-refractivity contribution in [3.8, 4) is 0 Å². The van der Waals surface area contributed by atoms with E-state index in [4.69, 9.17) is 15.6 Å². The molecule has 0 aliphatic heterocycles. The van der Waals surface area contributed by atoms with Gasteiger partial charge in [-0.25, -0.2) is 9.59 Å². The van der Waals surface area contributed by atoms with Crippen LogP contribution in [0.4, 0.5) is 4.79 Å². The molecular weight excluding hydrogens is 266 g/mol. The number of primary amides is 1. The van der Waals surface area contributed by atoms with Gasteiger partial charge in [0.2, 0.25) is 5.91 Å². The molecule has 1 rings (SSSR count). The van der Waals surface area contributed by atoms with E-state index < -0.39 is 23.9 Å². The van der Waals surface area contributed by atoms with E-state index in [1.54, 1.807) is 7.11 Å². The minimum atomic E-state index is -1.20. The summed E-state index contributed by atoms with van der Waals surface area (Å²) < 4.78 is 5.34. The number of nitrogens with one attached hydrogen (secondary N) is 2. The molecule has 0 aromatic heterocycles. The standard InChI is InChI=1S/C12H21N3O5/c1-20-12(5-2-6-12)7-14-11(19)15-8(10(17)18)3-4-9(13)16/h8H,2-7H2,1H3,(H2,13,16)(H,17,18)(H2,14,15,19)/t8-/m0/s1. The summed E-state index contributed by atoms with van der Waals surface area (Å²) in [5, 5.41) is 13.8. The number of methoxy groups -OCH3 is 1. The lowest BCUT2D eigenvalue weighted by Crippen LogP contribution is -2.53. The SMILES string of the molecule is COC1(CNC(=O)N[C@@H](CCC(N)=O)C(=O)O)CCC1. The van der Waals surface area contributed by atoms with Gasteiger partial charge in [-0.1, -0.05) is 0 Å². The second-order valence-corrected chi connectivity index (χ2v) is 4.96. The molecule has 1 aliphatic carbocycles. The van der Waals surface area contributed by atoms with Crippen molar-refractivity contribution in [3.05, 3.63) is 0 Å². The number of urea groups is 1. The molecule has 0 saturated heterocycles. The normalized spacial score (nSPS) is 17.6. The highest BCUT2D eigenvalue weighted by Gasteiger charge is 2.37. The van der Waals surface area contributed by atoms with Gasteiger partial charge in [0.1, 0.15) is 6.04 Å². The largest absolute Gasteiger partial charge is 0.480 e. The van der Waals surface area contributed by atoms with Crippen LogP contribution in [0.1, 0.15) is 32.1 Å². The third kappa shape index (κ3) is 4.69. The number of rotatable bonds is 8. The molecule has 0 heterocycles. The monoisotopic (exact) mass is 287 g/mol. The third-order valence-electron chi connectivity index (χ3n) is 3.55. The molecule has 1 saturated carbocycles. The van der Waals surface area contributed by atoms with Crippen LogP contribution in [0.5, 0.6) is 0 Å². The summed E-state index contributed by atoms with van der Waals surface area (Å²) >= 11 is 0. The lowest BCUT2D eigenvalue weighted by Gasteiger charge is -2.40. The van der Waals surface area contributed by atoms with E-state index in [9.17, 15) is 14.4 Å². The molecule has 5 N–H and O–H groups in total. The van der Waals surface area contributed by atoms with Gasteiger partial charge in [-0.2, -0.15) is 0 Å². The molecule has 1 aliphatic rings. The maximum Gasteiger partial charge on any atom is 0.326 e. The Bertz CT molecular complexity index is 376. The Morgan fingerprint density at radius 2 is 2.05 bits per heavy atom. The van der Waals surface area contributed by atoms with E-state index in [0.717, 1.165) is 19.3 Å². The zero-order chi connectivity index (χ0) is 15.2. The van der Waals surface area contributed by atoms with Crippen LogP contribution in [0.15, 0.2) is 0 Å². The predicted molar refractivity (Wildman–Crippen MR) is 70.0 cm³/mol. The maximum atomic E-state index is 11.6. The lowest BCUT2D eigenvalue weighted by atomic mass is 9.80. The van der Waals surface area contributed by atoms with E-state index in [2.05, 4.69) is 10.6 Å². The van der Waals surface area contributed by atoms with Crippen LogP contribution < -0.4 is 16.4 Å². The fourth-order valence-electron chi connectivity index (χ4n) is 2.02. The third-order valence-corrected chi connectivity index (χ3v) is 3.55. The number of carboxylic acids is 1. The summed E-state index contributed by atoms with van der Waals surface area (Å²) in [7, 11) is 1.59. The van der Waals surface area contributed by atoms with E-state index in [1.807, 2.05) is 0 Å². The van der Waals surface area contributed by atoms with Gasteiger partial charge in [0.05, 0.1) is 5.60 Å². The Morgan fingerprint density at radius 3 is 2.45 bits per heavy atom. The Kier molecular flexibility index (Phi) is 5.75. The molecule has 0 bridgehead atoms. The molecule has 0 unspecified atom stereocenters. The van der Waals surface area contributed by atoms with Crippen molar-refractivity contribution >= 4 is 17.9 Å². The van der Waals surface area contributed by atoms with E-state index in [-0.39, 0.29) is 18.4 Å². The quantitative estimate of drug-likeness (QED) is 0.481. The highest BCUT2D eigenvalue weighted by Crippen LogP contribution is 2.34. The number of carbonyl (C=O) groups excluding carboxylic acids is 2. The van der Waals surface area contributed by atoms with Crippen LogP contribution in [0, 0.1) is 0 Å². The van der Waals surface area contributed by atoms with Gasteiger partial charge >= 0.3 is 12.0 Å². The zero-order valence-corrected chi connectivity index (χ0v) is 11.5. The van der Waals surface area contributed by atoms with Gasteiger partial charge in [0.25, 0.3) is 0 Å². The van der Waals surface area contributed by atoms with Crippen molar-refractivity contribution in [2.24, 2.45) is 5.73 Å². The molecule has 0 aromatic carbocycles. The first-order chi connectivity index (χ1) is 9.38. The zero-order valence-electron chi connectivity index (χ0n) is 11.5. The highest BCUT2D eigenvalue weighted by molar-refractivity contribution is 5.83. The summed E-state index contributed by atoms with van der Waals surface area (Å²) in [6.45, 7) is 0.331. The van der Waals surface area contributed by atoms with Crippen molar-refractivity contribution in [1.82, 2.24) is 10.6 Å². The van der Waals surface area contributed by atoms with Crippen LogP contribution in [0.3, 0.4) is 0 Å². The van der Waals surface area contributed by atoms with Crippen LogP contribution in [0.25, 0.3) is 0 Å². The number of hydrogen-bond donors (Lipinski definition) is 4. The fourth-order valence-corrected chi connectivity index (χ4v) is 2.02. The molecule has 3 amide bonds. The number of nitrogens with two attached hydrogens (primary N) is 1.